The van der Waals surface area contributed by atoms with E-state index in [1.54, 1.807) is 36.4 Å². The quantitative estimate of drug-likeness (QED) is 0.164. The zero-order valence-electron chi connectivity index (χ0n) is 22.4. The van der Waals surface area contributed by atoms with E-state index < -0.39 is 27.7 Å². The fourth-order valence-electron chi connectivity index (χ4n) is 3.78. The number of halogens is 2. The molecule has 0 aromatic heterocycles. The third-order valence-electron chi connectivity index (χ3n) is 5.92. The highest BCUT2D eigenvalue weighted by atomic mass is 127. The molecule has 0 aliphatic carbocycles. The molecule has 0 radical (unpaired) electrons. The Morgan fingerprint density at radius 1 is 1.02 bits per heavy atom. The Kier molecular flexibility index (Phi) is 10.9. The molecule has 0 spiro atoms. The van der Waals surface area contributed by atoms with Gasteiger partial charge in [-0.2, -0.15) is 8.42 Å². The largest absolute Gasteiger partial charge is 0.351 e. The minimum absolute atomic E-state index is 0.0491. The van der Waals surface area contributed by atoms with Gasteiger partial charge in [0.25, 0.3) is 16.0 Å². The number of carbonyl (C=O) groups is 2. The van der Waals surface area contributed by atoms with Gasteiger partial charge < -0.3 is 10.6 Å². The molecule has 40 heavy (non-hydrogen) atoms. The van der Waals surface area contributed by atoms with Crippen LogP contribution in [-0.4, -0.2) is 37.1 Å². The number of rotatable bonds is 10. The molecule has 0 heterocycles. The highest BCUT2D eigenvalue weighted by molar-refractivity contribution is 14.1. The second-order valence-corrected chi connectivity index (χ2v) is 13.7. The summed E-state index contributed by atoms with van der Waals surface area (Å²) in [5.41, 5.74) is 3.61. The van der Waals surface area contributed by atoms with Crippen LogP contribution in [0.5, 0.6) is 0 Å². The van der Waals surface area contributed by atoms with Gasteiger partial charge in [-0.25, -0.2) is 0 Å². The van der Waals surface area contributed by atoms with Crippen LogP contribution in [0.4, 0.5) is 5.69 Å². The molecule has 0 aliphatic heterocycles. The van der Waals surface area contributed by atoms with Gasteiger partial charge in [0.05, 0.1) is 22.4 Å². The SMILES string of the molecule is CC(C)(C)/C=C/c1ccc(C(Cc2ccc(C(=O)NCCS(=O)(=O)O)cc2)C(=O)Nc2ccc(I)cc2Cl)cc1. The molecule has 3 N–H and O–H groups in total. The Hall–Kier alpha value is -2.73. The molecular formula is C30H32ClIN2O5S. The van der Waals surface area contributed by atoms with Gasteiger partial charge in [-0.05, 0) is 81.4 Å². The lowest BCUT2D eigenvalue weighted by Gasteiger charge is -2.19. The van der Waals surface area contributed by atoms with Crippen molar-refractivity contribution in [1.82, 2.24) is 5.32 Å². The minimum Gasteiger partial charge on any atom is -0.351 e. The van der Waals surface area contributed by atoms with Crippen molar-refractivity contribution in [2.24, 2.45) is 5.41 Å². The van der Waals surface area contributed by atoms with Crippen LogP contribution in [0, 0.1) is 8.99 Å². The van der Waals surface area contributed by atoms with Crippen LogP contribution in [0.3, 0.4) is 0 Å². The first-order chi connectivity index (χ1) is 18.7. The maximum Gasteiger partial charge on any atom is 0.266 e. The third kappa shape index (κ3) is 10.3. The molecule has 7 nitrogen and oxygen atoms in total. The second-order valence-electron chi connectivity index (χ2n) is 10.5. The van der Waals surface area contributed by atoms with Crippen LogP contribution < -0.4 is 10.6 Å². The summed E-state index contributed by atoms with van der Waals surface area (Å²) in [6.45, 7) is 6.18. The predicted octanol–water partition coefficient (Wildman–Crippen LogP) is 6.59. The molecule has 3 aromatic carbocycles. The van der Waals surface area contributed by atoms with E-state index in [0.717, 1.165) is 20.3 Å². The molecule has 0 fully saturated rings. The zero-order valence-corrected chi connectivity index (χ0v) is 26.2. The van der Waals surface area contributed by atoms with Crippen molar-refractivity contribution in [3.05, 3.63) is 104 Å². The summed E-state index contributed by atoms with van der Waals surface area (Å²) in [4.78, 5) is 25.9. The summed E-state index contributed by atoms with van der Waals surface area (Å²) in [5, 5.41) is 5.87. The lowest BCUT2D eigenvalue weighted by molar-refractivity contribution is -0.117. The fraction of sp³-hybridized carbons (Fsp3) is 0.267. The standard InChI is InChI=1S/C30H32ClIN2O5S/c1-30(2,3)15-14-20-4-8-22(9-5-20)25(29(36)34-27-13-12-24(32)19-26(27)31)18-21-6-10-23(11-7-21)28(35)33-16-17-40(37,38)39/h4-15,19,25H,16-18H2,1-3H3,(H,33,35)(H,34,36)(H,37,38,39)/b15-14+. The number of benzene rings is 3. The van der Waals surface area contributed by atoms with Crippen LogP contribution in [0.25, 0.3) is 6.08 Å². The second kappa shape index (κ2) is 13.8. The molecule has 1 unspecified atom stereocenters. The molecular weight excluding hydrogens is 663 g/mol. The Morgan fingerprint density at radius 3 is 2.25 bits per heavy atom. The number of carbonyl (C=O) groups excluding carboxylic acids is 2. The van der Waals surface area contributed by atoms with Crippen LogP contribution in [0.15, 0.2) is 72.8 Å². The van der Waals surface area contributed by atoms with E-state index in [-0.39, 0.29) is 17.9 Å². The highest BCUT2D eigenvalue weighted by Gasteiger charge is 2.23. The smallest absolute Gasteiger partial charge is 0.266 e. The summed E-state index contributed by atoms with van der Waals surface area (Å²) in [7, 11) is -4.16. The topological polar surface area (TPSA) is 113 Å². The average Bonchev–Trinajstić information content (AvgIpc) is 2.87. The van der Waals surface area contributed by atoms with Gasteiger partial charge in [-0.15, -0.1) is 0 Å². The normalized spacial score (nSPS) is 12.8. The van der Waals surface area contributed by atoms with E-state index in [2.05, 4.69) is 66.1 Å². The minimum atomic E-state index is -4.16. The van der Waals surface area contributed by atoms with Crippen molar-refractivity contribution in [3.8, 4) is 0 Å². The van der Waals surface area contributed by atoms with Gasteiger partial charge >= 0.3 is 0 Å². The third-order valence-corrected chi connectivity index (χ3v) is 7.63. The van der Waals surface area contributed by atoms with Gasteiger partial charge in [0.15, 0.2) is 0 Å². The van der Waals surface area contributed by atoms with Gasteiger partial charge in [0.1, 0.15) is 0 Å². The van der Waals surface area contributed by atoms with Crippen LogP contribution in [-0.2, 0) is 21.3 Å². The first-order valence-corrected chi connectivity index (χ1v) is 15.6. The molecule has 3 rings (SSSR count). The van der Waals surface area contributed by atoms with Gasteiger partial charge in [0.2, 0.25) is 5.91 Å². The lowest BCUT2D eigenvalue weighted by Crippen LogP contribution is -2.28. The Morgan fingerprint density at radius 2 is 1.68 bits per heavy atom. The predicted molar refractivity (Wildman–Crippen MR) is 169 cm³/mol. The molecule has 2 amide bonds. The fourth-order valence-corrected chi connectivity index (χ4v) is 5.04. The van der Waals surface area contributed by atoms with Crippen molar-refractivity contribution in [3.63, 3.8) is 0 Å². The Bertz CT molecular complexity index is 1480. The van der Waals surface area contributed by atoms with E-state index in [1.807, 2.05) is 30.3 Å². The van der Waals surface area contributed by atoms with Crippen LogP contribution in [0.2, 0.25) is 5.02 Å². The van der Waals surface area contributed by atoms with Crippen molar-refractivity contribution in [2.45, 2.75) is 33.1 Å². The molecule has 0 saturated carbocycles. The molecule has 212 valence electrons. The summed E-state index contributed by atoms with van der Waals surface area (Å²) in [6, 6.07) is 20.0. The van der Waals surface area contributed by atoms with E-state index in [1.165, 1.54) is 0 Å². The molecule has 1 atom stereocenters. The summed E-state index contributed by atoms with van der Waals surface area (Å²) >= 11 is 8.53. The Balaban J connectivity index is 1.82. The molecule has 3 aromatic rings. The van der Waals surface area contributed by atoms with Crippen LogP contribution >= 0.6 is 34.2 Å². The number of hydrogen-bond acceptors (Lipinski definition) is 4. The van der Waals surface area contributed by atoms with Gasteiger partial charge in [-0.3, -0.25) is 14.1 Å². The van der Waals surface area contributed by atoms with Crippen LogP contribution in [0.1, 0.15) is 53.7 Å². The molecule has 0 bridgehead atoms. The van der Waals surface area contributed by atoms with Crippen molar-refractivity contribution < 1.29 is 22.6 Å². The number of nitrogens with one attached hydrogen (secondary N) is 2. The molecule has 10 heteroatoms. The number of hydrogen-bond donors (Lipinski definition) is 3. The number of allylic oxidation sites excluding steroid dienone is 1. The first-order valence-electron chi connectivity index (χ1n) is 12.6. The lowest BCUT2D eigenvalue weighted by atomic mass is 9.89. The highest BCUT2D eigenvalue weighted by Crippen LogP contribution is 2.28. The summed E-state index contributed by atoms with van der Waals surface area (Å²) in [6.07, 6.45) is 4.56. The maximum absolute atomic E-state index is 13.6. The monoisotopic (exact) mass is 694 g/mol. The first kappa shape index (κ1) is 31.8. The maximum atomic E-state index is 13.6. The van der Waals surface area contributed by atoms with E-state index in [9.17, 15) is 18.0 Å². The average molecular weight is 695 g/mol. The van der Waals surface area contributed by atoms with Crippen molar-refractivity contribution in [2.75, 3.05) is 17.6 Å². The van der Waals surface area contributed by atoms with Gasteiger partial charge in [0, 0.05) is 15.7 Å². The van der Waals surface area contributed by atoms with E-state index in [4.69, 9.17) is 16.2 Å². The molecule has 0 aliphatic rings. The van der Waals surface area contributed by atoms with E-state index >= 15 is 0 Å². The van der Waals surface area contributed by atoms with E-state index in [0.29, 0.717) is 22.7 Å². The van der Waals surface area contributed by atoms with Crippen molar-refractivity contribution in [1.29, 1.82) is 0 Å². The Labute approximate surface area is 254 Å². The number of anilines is 1. The van der Waals surface area contributed by atoms with Gasteiger partial charge in [-0.1, -0.05) is 80.9 Å². The number of amides is 2. The zero-order chi connectivity index (χ0) is 29.5. The molecule has 0 saturated heterocycles. The summed E-state index contributed by atoms with van der Waals surface area (Å²) < 4.78 is 31.5. The summed E-state index contributed by atoms with van der Waals surface area (Å²) in [5.74, 6) is -1.78. The van der Waals surface area contributed by atoms with Crippen molar-refractivity contribution >= 4 is 67.9 Å².